The van der Waals surface area contributed by atoms with Crippen LogP contribution >= 0.6 is 0 Å². The quantitative estimate of drug-likeness (QED) is 0.740. The topological polar surface area (TPSA) is 50.2 Å². The van der Waals surface area contributed by atoms with E-state index < -0.39 is 5.97 Å². The van der Waals surface area contributed by atoms with Gasteiger partial charge in [0.05, 0.1) is 5.56 Å². The van der Waals surface area contributed by atoms with Gasteiger partial charge in [-0.3, -0.25) is 0 Å². The van der Waals surface area contributed by atoms with Gasteiger partial charge in [0.2, 0.25) is 0 Å². The van der Waals surface area contributed by atoms with Gasteiger partial charge in [-0.15, -0.1) is 0 Å². The van der Waals surface area contributed by atoms with Gasteiger partial charge in [-0.2, -0.15) is 0 Å². The second-order valence-corrected chi connectivity index (χ2v) is 4.35. The van der Waals surface area contributed by atoms with Crippen LogP contribution in [0.1, 0.15) is 10.4 Å². The van der Waals surface area contributed by atoms with Crippen molar-refractivity contribution in [1.82, 2.24) is 4.98 Å². The zero-order chi connectivity index (χ0) is 11.8. The molecule has 0 aliphatic rings. The first-order valence-electron chi connectivity index (χ1n) is 4.85. The van der Waals surface area contributed by atoms with Crippen molar-refractivity contribution in [3.8, 4) is 0 Å². The van der Waals surface area contributed by atoms with Gasteiger partial charge in [0.15, 0.2) is 0 Å². The van der Waals surface area contributed by atoms with Crippen molar-refractivity contribution < 1.29 is 9.90 Å². The number of carboxylic acids is 1. The molecule has 0 bridgehead atoms. The summed E-state index contributed by atoms with van der Waals surface area (Å²) in [6, 6.07) is 12.4. The summed E-state index contributed by atoms with van der Waals surface area (Å²) in [7, 11) is 0. The van der Waals surface area contributed by atoms with Crippen molar-refractivity contribution in [2.45, 2.75) is 0 Å². The van der Waals surface area contributed by atoms with Gasteiger partial charge in [-0.25, -0.2) is 4.79 Å². The molecule has 2 aromatic rings. The number of carboxylic acid groups (broad SMARTS) is 1. The van der Waals surface area contributed by atoms with Crippen molar-refractivity contribution in [2.24, 2.45) is 0 Å². The van der Waals surface area contributed by atoms with Crippen molar-refractivity contribution in [1.29, 1.82) is 0 Å². The van der Waals surface area contributed by atoms with Gasteiger partial charge >= 0.3 is 66.2 Å². The van der Waals surface area contributed by atoms with E-state index in [2.05, 4.69) is 4.98 Å². The second-order valence-electron chi connectivity index (χ2n) is 3.20. The molecular weight excluding hydrogens is 213 g/mol. The molecule has 3 nitrogen and oxygen atoms in total. The summed E-state index contributed by atoms with van der Waals surface area (Å²) in [4.78, 5) is 14.1. The molecule has 0 aliphatic carbocycles. The first-order valence-corrected chi connectivity index (χ1v) is 5.85. The summed E-state index contributed by atoms with van der Waals surface area (Å²) in [5, 5.41) is 8.38. The molecule has 0 fully saturated rings. The molecular formula is C12H10NNaO2. The van der Waals surface area contributed by atoms with E-state index in [1.807, 2.05) is 24.5 Å². The molecule has 1 aromatic carbocycles. The number of hydrogen-bond donors (Lipinski definition) is 1. The average molecular weight is 223 g/mol. The number of aromatic carboxylic acids is 1. The van der Waals surface area contributed by atoms with Crippen LogP contribution in [0.5, 0.6) is 0 Å². The Kier molecular flexibility index (Phi) is 5.78. The molecule has 0 spiro atoms. The molecule has 1 aromatic heterocycles. The standard InChI is InChI=1S/C7H6O2.C5H4N.Na/c8-7(9)6-4-2-1-3-5-6;1-2-4-6-5-3-1;/h1-5H,(H,8,9);2-5H;. The third kappa shape index (κ3) is 5.07. The predicted molar refractivity (Wildman–Crippen MR) is 63.0 cm³/mol. The summed E-state index contributed by atoms with van der Waals surface area (Å²) in [5.41, 5.74) is 0.331. The Bertz CT molecular complexity index is 431. The van der Waals surface area contributed by atoms with E-state index in [9.17, 15) is 4.79 Å². The number of nitrogens with zero attached hydrogens (tertiary/aromatic N) is 1. The van der Waals surface area contributed by atoms with Crippen LogP contribution in [-0.2, 0) is 0 Å². The van der Waals surface area contributed by atoms with Gasteiger partial charge in [0.25, 0.3) is 0 Å². The molecule has 0 saturated heterocycles. The Labute approximate surface area is 112 Å². The van der Waals surface area contributed by atoms with Crippen LogP contribution < -0.4 is 2.81 Å². The maximum absolute atomic E-state index is 10.2. The zero-order valence-electron chi connectivity index (χ0n) is 9.00. The molecule has 0 radical (unpaired) electrons. The van der Waals surface area contributed by atoms with Crippen LogP contribution in [0.3, 0.4) is 0 Å². The van der Waals surface area contributed by atoms with Crippen LogP contribution in [0.2, 0.25) is 0 Å². The normalized spacial score (nSPS) is 8.88. The van der Waals surface area contributed by atoms with E-state index in [1.165, 1.54) is 2.81 Å². The average Bonchev–Trinajstić information content (AvgIpc) is 2.32. The number of hydrogen-bond acceptors (Lipinski definition) is 2. The summed E-state index contributed by atoms with van der Waals surface area (Å²) < 4.78 is 1.40. The van der Waals surface area contributed by atoms with E-state index in [0.29, 0.717) is 5.56 Å². The molecule has 0 saturated carbocycles. The van der Waals surface area contributed by atoms with Gasteiger partial charge in [-0.05, 0) is 12.1 Å². The van der Waals surface area contributed by atoms with E-state index in [-0.39, 0.29) is 0 Å². The van der Waals surface area contributed by atoms with Gasteiger partial charge < -0.3 is 5.11 Å². The maximum atomic E-state index is 10.2. The summed E-state index contributed by atoms with van der Waals surface area (Å²) >= 11 is 1.13. The second kappa shape index (κ2) is 7.17. The minimum atomic E-state index is -0.879. The zero-order valence-corrected chi connectivity index (χ0v) is 11.0. The Morgan fingerprint density at radius 3 is 1.94 bits per heavy atom. The van der Waals surface area contributed by atoms with E-state index in [1.54, 1.807) is 30.3 Å². The van der Waals surface area contributed by atoms with Crippen LogP contribution in [-0.4, -0.2) is 44.0 Å². The molecule has 0 aliphatic heterocycles. The van der Waals surface area contributed by atoms with Crippen molar-refractivity contribution in [3.05, 3.63) is 60.4 Å². The number of pyridine rings is 1. The Balaban J connectivity index is 0.000000165. The van der Waals surface area contributed by atoms with Crippen LogP contribution in [0.25, 0.3) is 0 Å². The number of benzene rings is 1. The first-order chi connectivity index (χ1) is 7.70. The fourth-order valence-corrected chi connectivity index (χ4v) is 1.31. The van der Waals surface area contributed by atoms with Gasteiger partial charge in [0, 0.05) is 0 Å². The van der Waals surface area contributed by atoms with Crippen LogP contribution in [0, 0.1) is 0 Å². The van der Waals surface area contributed by atoms with Gasteiger partial charge in [-0.1, -0.05) is 18.2 Å². The molecule has 4 heteroatoms. The predicted octanol–water partition coefficient (Wildman–Crippen LogP) is 1.26. The van der Waals surface area contributed by atoms with Crippen molar-refractivity contribution in [3.63, 3.8) is 0 Å². The molecule has 1 heterocycles. The third-order valence-corrected chi connectivity index (χ3v) is 2.53. The Morgan fingerprint density at radius 1 is 1.06 bits per heavy atom. The first kappa shape index (κ1) is 12.9. The van der Waals surface area contributed by atoms with Crippen molar-refractivity contribution >= 4 is 36.7 Å². The third-order valence-electron chi connectivity index (χ3n) is 1.87. The SMILES string of the molecule is O=C(O)c1ccccc1.[Na][c]1ccncc1. The molecule has 16 heavy (non-hydrogen) atoms. The van der Waals surface area contributed by atoms with Crippen LogP contribution in [0.15, 0.2) is 54.9 Å². The summed E-state index contributed by atoms with van der Waals surface area (Å²) in [6.07, 6.45) is 3.64. The fourth-order valence-electron chi connectivity index (χ4n) is 1.01. The Morgan fingerprint density at radius 2 is 1.62 bits per heavy atom. The molecule has 76 valence electrons. The number of carbonyl (C=O) groups is 1. The molecule has 0 unspecified atom stereocenters. The molecule has 1 N–H and O–H groups in total. The fraction of sp³-hybridized carbons (Fsp3) is 0. The number of rotatable bonds is 1. The molecule has 0 amide bonds. The van der Waals surface area contributed by atoms with E-state index >= 15 is 0 Å². The van der Waals surface area contributed by atoms with E-state index in [0.717, 1.165) is 27.9 Å². The Hall–Kier alpha value is -1.16. The molecule has 2 rings (SSSR count). The summed E-state index contributed by atoms with van der Waals surface area (Å²) in [5.74, 6) is -0.879. The monoisotopic (exact) mass is 223 g/mol. The van der Waals surface area contributed by atoms with Crippen molar-refractivity contribution in [2.75, 3.05) is 0 Å². The van der Waals surface area contributed by atoms with Gasteiger partial charge in [0.1, 0.15) is 0 Å². The minimum absolute atomic E-state index is 0.331. The van der Waals surface area contributed by atoms with Crippen LogP contribution in [0.4, 0.5) is 0 Å². The summed E-state index contributed by atoms with van der Waals surface area (Å²) in [6.45, 7) is 0. The number of aromatic nitrogens is 1. The van der Waals surface area contributed by atoms with E-state index in [4.69, 9.17) is 5.11 Å². The molecule has 0 atom stereocenters.